The van der Waals surface area contributed by atoms with Gasteiger partial charge in [-0.05, 0) is 29.9 Å². The third kappa shape index (κ3) is 1.42. The maximum Gasteiger partial charge on any atom is -0.0228 e. The maximum absolute atomic E-state index is 2.31. The first-order valence-corrected chi connectivity index (χ1v) is 4.62. The summed E-state index contributed by atoms with van der Waals surface area (Å²) in [6, 6.07) is 8.67. The molecule has 0 amide bonds. The average Bonchev–Trinajstić information content (AvgIpc) is 2.29. The fourth-order valence-electron chi connectivity index (χ4n) is 1.67. The SMILES string of the molecule is CC1C=Cc2ccccc2CC1. The lowest BCUT2D eigenvalue weighted by molar-refractivity contribution is 0.655. The zero-order chi connectivity index (χ0) is 8.39. The van der Waals surface area contributed by atoms with E-state index in [1.54, 1.807) is 0 Å². The molecule has 0 aliphatic heterocycles. The van der Waals surface area contributed by atoms with Crippen LogP contribution in [0.2, 0.25) is 0 Å². The number of fused-ring (bicyclic) bond motifs is 1. The smallest absolute Gasteiger partial charge is 0.0228 e. The first-order valence-electron chi connectivity index (χ1n) is 4.62. The van der Waals surface area contributed by atoms with Gasteiger partial charge in [-0.2, -0.15) is 0 Å². The van der Waals surface area contributed by atoms with Crippen LogP contribution in [0.15, 0.2) is 30.3 Å². The summed E-state index contributed by atoms with van der Waals surface area (Å²) in [5.74, 6) is 0.734. The normalized spacial score (nSPS) is 21.6. The van der Waals surface area contributed by atoms with Crippen LogP contribution in [0.4, 0.5) is 0 Å². The summed E-state index contributed by atoms with van der Waals surface area (Å²) in [7, 11) is 0. The zero-order valence-electron chi connectivity index (χ0n) is 7.46. The molecule has 0 saturated carbocycles. The highest BCUT2D eigenvalue weighted by Gasteiger charge is 2.05. The lowest BCUT2D eigenvalue weighted by atomic mass is 10.0. The summed E-state index contributed by atoms with van der Waals surface area (Å²) in [6.07, 6.45) is 7.08. The van der Waals surface area contributed by atoms with Crippen molar-refractivity contribution in [3.8, 4) is 0 Å². The van der Waals surface area contributed by atoms with E-state index in [1.165, 1.54) is 24.0 Å². The molecule has 1 unspecified atom stereocenters. The highest BCUT2D eigenvalue weighted by Crippen LogP contribution is 2.21. The molecule has 0 bridgehead atoms. The molecule has 0 fully saturated rings. The van der Waals surface area contributed by atoms with Crippen LogP contribution < -0.4 is 0 Å². The van der Waals surface area contributed by atoms with Crippen LogP contribution in [0.5, 0.6) is 0 Å². The van der Waals surface area contributed by atoms with Gasteiger partial charge in [-0.15, -0.1) is 0 Å². The first-order chi connectivity index (χ1) is 5.86. The van der Waals surface area contributed by atoms with Gasteiger partial charge in [-0.3, -0.25) is 0 Å². The van der Waals surface area contributed by atoms with E-state index in [2.05, 4.69) is 43.3 Å². The molecule has 0 N–H and O–H groups in total. The molecule has 0 heterocycles. The molecular formula is C12H14. The molecule has 1 aliphatic carbocycles. The Morgan fingerprint density at radius 3 is 3.00 bits per heavy atom. The minimum Gasteiger partial charge on any atom is -0.0811 e. The highest BCUT2D eigenvalue weighted by molar-refractivity contribution is 5.54. The van der Waals surface area contributed by atoms with Crippen molar-refractivity contribution in [2.24, 2.45) is 5.92 Å². The second-order valence-corrected chi connectivity index (χ2v) is 3.57. The summed E-state index contributed by atoms with van der Waals surface area (Å²) in [6.45, 7) is 2.28. The van der Waals surface area contributed by atoms with E-state index in [0.717, 1.165) is 5.92 Å². The van der Waals surface area contributed by atoms with Gasteiger partial charge >= 0.3 is 0 Å². The van der Waals surface area contributed by atoms with Gasteiger partial charge in [0.2, 0.25) is 0 Å². The molecule has 0 spiro atoms. The van der Waals surface area contributed by atoms with E-state index in [9.17, 15) is 0 Å². The highest BCUT2D eigenvalue weighted by atomic mass is 14.1. The second kappa shape index (κ2) is 3.14. The van der Waals surface area contributed by atoms with Crippen molar-refractivity contribution in [3.63, 3.8) is 0 Å². The zero-order valence-corrected chi connectivity index (χ0v) is 7.46. The van der Waals surface area contributed by atoms with Crippen LogP contribution in [-0.4, -0.2) is 0 Å². The van der Waals surface area contributed by atoms with Crippen molar-refractivity contribution in [2.45, 2.75) is 19.8 Å². The van der Waals surface area contributed by atoms with Gasteiger partial charge in [0.25, 0.3) is 0 Å². The van der Waals surface area contributed by atoms with E-state index >= 15 is 0 Å². The molecule has 0 aromatic heterocycles. The van der Waals surface area contributed by atoms with Gasteiger partial charge in [0.05, 0.1) is 0 Å². The molecule has 12 heavy (non-hydrogen) atoms. The minimum atomic E-state index is 0.734. The van der Waals surface area contributed by atoms with Crippen molar-refractivity contribution >= 4 is 6.08 Å². The Morgan fingerprint density at radius 2 is 2.08 bits per heavy atom. The monoisotopic (exact) mass is 158 g/mol. The third-order valence-corrected chi connectivity index (χ3v) is 2.53. The molecule has 0 radical (unpaired) electrons. The molecule has 0 nitrogen and oxygen atoms in total. The predicted molar refractivity (Wildman–Crippen MR) is 53.0 cm³/mol. The second-order valence-electron chi connectivity index (χ2n) is 3.57. The minimum absolute atomic E-state index is 0.734. The predicted octanol–water partition coefficient (Wildman–Crippen LogP) is 3.28. The van der Waals surface area contributed by atoms with E-state index < -0.39 is 0 Å². The molecule has 0 heteroatoms. The maximum atomic E-state index is 2.31. The summed E-state index contributed by atoms with van der Waals surface area (Å²) < 4.78 is 0. The van der Waals surface area contributed by atoms with Crippen LogP contribution in [0, 0.1) is 5.92 Å². The van der Waals surface area contributed by atoms with Gasteiger partial charge in [0.15, 0.2) is 0 Å². The fourth-order valence-corrected chi connectivity index (χ4v) is 1.67. The van der Waals surface area contributed by atoms with Crippen molar-refractivity contribution in [1.82, 2.24) is 0 Å². The van der Waals surface area contributed by atoms with Gasteiger partial charge in [-0.25, -0.2) is 0 Å². The summed E-state index contributed by atoms with van der Waals surface area (Å²) in [5, 5.41) is 0. The Balaban J connectivity index is 2.39. The Morgan fingerprint density at radius 1 is 1.25 bits per heavy atom. The van der Waals surface area contributed by atoms with Gasteiger partial charge in [0, 0.05) is 0 Å². The molecule has 1 aliphatic rings. The van der Waals surface area contributed by atoms with Crippen molar-refractivity contribution in [1.29, 1.82) is 0 Å². The molecule has 0 saturated heterocycles. The van der Waals surface area contributed by atoms with Crippen LogP contribution >= 0.6 is 0 Å². The Bertz CT molecular complexity index is 297. The van der Waals surface area contributed by atoms with E-state index in [4.69, 9.17) is 0 Å². The summed E-state index contributed by atoms with van der Waals surface area (Å²) >= 11 is 0. The average molecular weight is 158 g/mol. The van der Waals surface area contributed by atoms with Crippen molar-refractivity contribution in [3.05, 3.63) is 41.5 Å². The fraction of sp³-hybridized carbons (Fsp3) is 0.333. The quantitative estimate of drug-likeness (QED) is 0.543. The van der Waals surface area contributed by atoms with Gasteiger partial charge in [-0.1, -0.05) is 43.3 Å². The van der Waals surface area contributed by atoms with Crippen molar-refractivity contribution in [2.75, 3.05) is 0 Å². The number of aryl methyl sites for hydroxylation is 1. The summed E-state index contributed by atoms with van der Waals surface area (Å²) in [5.41, 5.74) is 2.90. The Hall–Kier alpha value is -1.04. The van der Waals surface area contributed by atoms with E-state index in [0.29, 0.717) is 0 Å². The van der Waals surface area contributed by atoms with Crippen molar-refractivity contribution < 1.29 is 0 Å². The topological polar surface area (TPSA) is 0 Å². The largest absolute Gasteiger partial charge is 0.0811 e. The molecular weight excluding hydrogens is 144 g/mol. The molecule has 62 valence electrons. The van der Waals surface area contributed by atoms with Gasteiger partial charge in [0.1, 0.15) is 0 Å². The number of hydrogen-bond acceptors (Lipinski definition) is 0. The van der Waals surface area contributed by atoms with Crippen LogP contribution in [0.25, 0.3) is 6.08 Å². The van der Waals surface area contributed by atoms with E-state index in [-0.39, 0.29) is 0 Å². The van der Waals surface area contributed by atoms with E-state index in [1.807, 2.05) is 0 Å². The molecule has 1 aromatic rings. The standard InChI is InChI=1S/C12H14/c1-10-6-8-11-4-2-3-5-12(11)9-7-10/h2-6,8,10H,7,9H2,1H3. The molecule has 1 atom stereocenters. The molecule has 2 rings (SSSR count). The number of rotatable bonds is 0. The van der Waals surface area contributed by atoms with Crippen LogP contribution in [0.3, 0.4) is 0 Å². The van der Waals surface area contributed by atoms with Crippen LogP contribution in [-0.2, 0) is 6.42 Å². The number of allylic oxidation sites excluding steroid dienone is 1. The Labute approximate surface area is 73.9 Å². The van der Waals surface area contributed by atoms with Gasteiger partial charge < -0.3 is 0 Å². The number of hydrogen-bond donors (Lipinski definition) is 0. The third-order valence-electron chi connectivity index (χ3n) is 2.53. The van der Waals surface area contributed by atoms with Crippen LogP contribution in [0.1, 0.15) is 24.5 Å². The number of benzene rings is 1. The lowest BCUT2D eigenvalue weighted by Gasteiger charge is -2.02. The molecule has 1 aromatic carbocycles. The lowest BCUT2D eigenvalue weighted by Crippen LogP contribution is -1.91. The first kappa shape index (κ1) is 7.60. The Kier molecular flexibility index (Phi) is 1.99. The summed E-state index contributed by atoms with van der Waals surface area (Å²) in [4.78, 5) is 0.